The van der Waals surface area contributed by atoms with E-state index in [1.807, 2.05) is 6.92 Å². The van der Waals surface area contributed by atoms with Gasteiger partial charge in [0, 0.05) is 19.0 Å². The monoisotopic (exact) mass is 286 g/mol. The lowest BCUT2D eigenvalue weighted by molar-refractivity contribution is -0.121. The lowest BCUT2D eigenvalue weighted by atomic mass is 10.2. The van der Waals surface area contributed by atoms with Crippen LogP contribution < -0.4 is 15.8 Å². The molecule has 0 aliphatic heterocycles. The molecule has 0 spiro atoms. The third kappa shape index (κ3) is 7.04. The van der Waals surface area contributed by atoms with Gasteiger partial charge in [0.05, 0.1) is 0 Å². The van der Waals surface area contributed by atoms with E-state index in [4.69, 9.17) is 10.5 Å². The summed E-state index contributed by atoms with van der Waals surface area (Å²) in [5.74, 6) is 0.286. The number of halogens is 2. The number of nitrogens with one attached hydrogen (secondary N) is 1. The molecule has 0 aliphatic rings. The second-order valence-corrected chi connectivity index (χ2v) is 4.64. The minimum Gasteiger partial charge on any atom is -0.488 e. The van der Waals surface area contributed by atoms with E-state index in [9.17, 15) is 13.6 Å². The summed E-state index contributed by atoms with van der Waals surface area (Å²) in [6.07, 6.45) is -1.50. The lowest BCUT2D eigenvalue weighted by Gasteiger charge is -2.09. The first kappa shape index (κ1) is 16.4. The fraction of sp³-hybridized carbons (Fsp3) is 0.500. The quantitative estimate of drug-likeness (QED) is 0.769. The number of rotatable bonds is 8. The predicted octanol–water partition coefficient (Wildman–Crippen LogP) is 2.07. The summed E-state index contributed by atoms with van der Waals surface area (Å²) >= 11 is 0. The summed E-state index contributed by atoms with van der Waals surface area (Å²) in [6, 6.07) is 6.72. The van der Waals surface area contributed by atoms with Crippen molar-refractivity contribution in [2.75, 3.05) is 6.61 Å². The van der Waals surface area contributed by atoms with Gasteiger partial charge in [0.2, 0.25) is 5.91 Å². The maximum atomic E-state index is 12.0. The van der Waals surface area contributed by atoms with Crippen LogP contribution in [0.15, 0.2) is 24.3 Å². The van der Waals surface area contributed by atoms with E-state index in [0.717, 1.165) is 5.56 Å². The molecule has 0 heterocycles. The van der Waals surface area contributed by atoms with Gasteiger partial charge in [0.25, 0.3) is 6.43 Å². The molecule has 0 saturated heterocycles. The first-order chi connectivity index (χ1) is 9.47. The smallest absolute Gasteiger partial charge is 0.272 e. The zero-order chi connectivity index (χ0) is 15.0. The molecule has 4 nitrogen and oxygen atoms in total. The van der Waals surface area contributed by atoms with E-state index in [1.54, 1.807) is 24.3 Å². The van der Waals surface area contributed by atoms with E-state index in [1.165, 1.54) is 0 Å². The maximum absolute atomic E-state index is 12.0. The minimum absolute atomic E-state index is 0.00757. The normalized spacial score (nSPS) is 12.2. The van der Waals surface area contributed by atoms with Gasteiger partial charge in [0.15, 0.2) is 0 Å². The first-order valence-electron chi connectivity index (χ1n) is 6.49. The number of benzene rings is 1. The molecule has 0 radical (unpaired) electrons. The van der Waals surface area contributed by atoms with Gasteiger partial charge in [-0.2, -0.15) is 0 Å². The first-order valence-corrected chi connectivity index (χ1v) is 6.49. The molecule has 3 N–H and O–H groups in total. The molecule has 1 aromatic rings. The van der Waals surface area contributed by atoms with Gasteiger partial charge < -0.3 is 15.8 Å². The van der Waals surface area contributed by atoms with E-state index in [0.29, 0.717) is 25.1 Å². The summed E-state index contributed by atoms with van der Waals surface area (Å²) < 4.78 is 29.0. The lowest BCUT2D eigenvalue weighted by Crippen LogP contribution is -2.25. The molecule has 6 heteroatoms. The van der Waals surface area contributed by atoms with Crippen molar-refractivity contribution >= 4 is 5.91 Å². The maximum Gasteiger partial charge on any atom is 0.272 e. The molecule has 0 saturated carbocycles. The van der Waals surface area contributed by atoms with Crippen molar-refractivity contribution in [2.45, 2.75) is 38.8 Å². The molecule has 1 aromatic carbocycles. The molecule has 20 heavy (non-hydrogen) atoms. The highest BCUT2D eigenvalue weighted by Crippen LogP contribution is 2.14. The van der Waals surface area contributed by atoms with Gasteiger partial charge in [-0.25, -0.2) is 8.78 Å². The Morgan fingerprint density at radius 3 is 2.85 bits per heavy atom. The van der Waals surface area contributed by atoms with Crippen molar-refractivity contribution in [1.29, 1.82) is 0 Å². The Morgan fingerprint density at radius 2 is 2.20 bits per heavy atom. The molecular formula is C14H20F2N2O2. The summed E-state index contributed by atoms with van der Waals surface area (Å²) in [6.45, 7) is 1.55. The van der Waals surface area contributed by atoms with Crippen LogP contribution in [0.5, 0.6) is 5.75 Å². The molecule has 1 rings (SSSR count). The van der Waals surface area contributed by atoms with Gasteiger partial charge >= 0.3 is 0 Å². The predicted molar refractivity (Wildman–Crippen MR) is 72.7 cm³/mol. The number of amides is 1. The fourth-order valence-corrected chi connectivity index (χ4v) is 1.55. The molecule has 0 aromatic heterocycles. The third-order valence-electron chi connectivity index (χ3n) is 2.59. The summed E-state index contributed by atoms with van der Waals surface area (Å²) in [5.41, 5.74) is 6.36. The van der Waals surface area contributed by atoms with Crippen LogP contribution in [0, 0.1) is 0 Å². The largest absolute Gasteiger partial charge is 0.488 e. The van der Waals surface area contributed by atoms with Gasteiger partial charge in [0.1, 0.15) is 12.4 Å². The average molecular weight is 286 g/mol. The van der Waals surface area contributed by atoms with Crippen LogP contribution in [-0.4, -0.2) is 25.0 Å². The third-order valence-corrected chi connectivity index (χ3v) is 2.59. The van der Waals surface area contributed by atoms with Crippen molar-refractivity contribution in [3.05, 3.63) is 29.8 Å². The standard InChI is InChI=1S/C14H20F2N2O2/c1-10(17)5-6-14(19)18-8-11-3-2-4-12(7-11)20-9-13(15)16/h2-4,7,10,13H,5-6,8-9,17H2,1H3,(H,18,19). The summed E-state index contributed by atoms with van der Waals surface area (Å²) in [7, 11) is 0. The molecule has 1 unspecified atom stereocenters. The Kier molecular flexibility index (Phi) is 6.93. The highest BCUT2D eigenvalue weighted by atomic mass is 19.3. The van der Waals surface area contributed by atoms with Crippen LogP contribution in [0.4, 0.5) is 8.78 Å². The fourth-order valence-electron chi connectivity index (χ4n) is 1.55. The Morgan fingerprint density at radius 1 is 1.45 bits per heavy atom. The van der Waals surface area contributed by atoms with Crippen LogP contribution in [0.3, 0.4) is 0 Å². The second-order valence-electron chi connectivity index (χ2n) is 4.64. The van der Waals surface area contributed by atoms with E-state index in [2.05, 4.69) is 5.32 Å². The molecule has 1 amide bonds. The average Bonchev–Trinajstić information content (AvgIpc) is 2.41. The highest BCUT2D eigenvalue weighted by Gasteiger charge is 2.06. The number of carbonyl (C=O) groups is 1. The number of nitrogens with two attached hydrogens (primary N) is 1. The molecule has 0 fully saturated rings. The van der Waals surface area contributed by atoms with Crippen molar-refractivity contribution in [3.8, 4) is 5.75 Å². The van der Waals surface area contributed by atoms with Gasteiger partial charge in [-0.3, -0.25) is 4.79 Å². The molecule has 0 bridgehead atoms. The van der Waals surface area contributed by atoms with Crippen LogP contribution >= 0.6 is 0 Å². The molecule has 1 atom stereocenters. The molecule has 112 valence electrons. The SMILES string of the molecule is CC(N)CCC(=O)NCc1cccc(OCC(F)F)c1. The van der Waals surface area contributed by atoms with E-state index < -0.39 is 13.0 Å². The highest BCUT2D eigenvalue weighted by molar-refractivity contribution is 5.75. The van der Waals surface area contributed by atoms with Gasteiger partial charge in [-0.1, -0.05) is 12.1 Å². The van der Waals surface area contributed by atoms with Crippen LogP contribution in [0.25, 0.3) is 0 Å². The Balaban J connectivity index is 2.40. The molecular weight excluding hydrogens is 266 g/mol. The van der Waals surface area contributed by atoms with Crippen molar-refractivity contribution in [2.24, 2.45) is 5.73 Å². The van der Waals surface area contributed by atoms with E-state index in [-0.39, 0.29) is 11.9 Å². The summed E-state index contributed by atoms with van der Waals surface area (Å²) in [5, 5.41) is 2.75. The van der Waals surface area contributed by atoms with Gasteiger partial charge in [-0.05, 0) is 31.0 Å². The van der Waals surface area contributed by atoms with Crippen LogP contribution in [0.2, 0.25) is 0 Å². The number of carbonyl (C=O) groups excluding carboxylic acids is 1. The van der Waals surface area contributed by atoms with Gasteiger partial charge in [-0.15, -0.1) is 0 Å². The zero-order valence-electron chi connectivity index (χ0n) is 11.4. The van der Waals surface area contributed by atoms with E-state index >= 15 is 0 Å². The zero-order valence-corrected chi connectivity index (χ0v) is 11.4. The number of hydrogen-bond donors (Lipinski definition) is 2. The Labute approximate surface area is 117 Å². The second kappa shape index (κ2) is 8.47. The van der Waals surface area contributed by atoms with Crippen LogP contribution in [0.1, 0.15) is 25.3 Å². The number of hydrogen-bond acceptors (Lipinski definition) is 3. The van der Waals surface area contributed by atoms with Crippen LogP contribution in [-0.2, 0) is 11.3 Å². The summed E-state index contributed by atoms with van der Waals surface area (Å²) in [4.78, 5) is 11.5. The van der Waals surface area contributed by atoms with Crippen molar-refractivity contribution in [1.82, 2.24) is 5.32 Å². The number of alkyl halides is 2. The topological polar surface area (TPSA) is 64.4 Å². The Hall–Kier alpha value is -1.69. The minimum atomic E-state index is -2.50. The van der Waals surface area contributed by atoms with Crippen molar-refractivity contribution < 1.29 is 18.3 Å². The Bertz CT molecular complexity index is 425. The molecule has 0 aliphatic carbocycles. The number of ether oxygens (including phenoxy) is 1. The van der Waals surface area contributed by atoms with Crippen molar-refractivity contribution in [3.63, 3.8) is 0 Å².